The van der Waals surface area contributed by atoms with Gasteiger partial charge in [0.25, 0.3) is 0 Å². The topological polar surface area (TPSA) is 50.7 Å². The molecule has 1 unspecified atom stereocenters. The number of rotatable bonds is 5. The molecule has 0 amide bonds. The van der Waals surface area contributed by atoms with Gasteiger partial charge in [0.1, 0.15) is 5.75 Å². The van der Waals surface area contributed by atoms with Crippen LogP contribution in [0.1, 0.15) is 31.4 Å². The summed E-state index contributed by atoms with van der Waals surface area (Å²) in [5, 5.41) is 13.8. The van der Waals surface area contributed by atoms with Gasteiger partial charge in [-0.15, -0.1) is 0 Å². The highest BCUT2D eigenvalue weighted by Gasteiger charge is 2.29. The van der Waals surface area contributed by atoms with Crippen molar-refractivity contribution in [2.75, 3.05) is 26.9 Å². The Bertz CT molecular complexity index is 385. The third-order valence-corrected chi connectivity index (χ3v) is 3.78. The monoisotopic (exact) mass is 265 g/mol. The zero-order valence-electron chi connectivity index (χ0n) is 11.7. The molecular formula is C15H23NO3. The molecule has 0 spiro atoms. The van der Waals surface area contributed by atoms with Crippen LogP contribution in [0.25, 0.3) is 0 Å². The van der Waals surface area contributed by atoms with Gasteiger partial charge in [-0.2, -0.15) is 0 Å². The van der Waals surface area contributed by atoms with E-state index in [2.05, 4.69) is 12.2 Å². The molecule has 1 atom stereocenters. The van der Waals surface area contributed by atoms with Crippen molar-refractivity contribution in [3.05, 3.63) is 29.8 Å². The van der Waals surface area contributed by atoms with Gasteiger partial charge >= 0.3 is 0 Å². The minimum atomic E-state index is -0.626. The Balaban J connectivity index is 1.87. The van der Waals surface area contributed by atoms with E-state index in [0.29, 0.717) is 32.6 Å². The molecule has 1 fully saturated rings. The largest absolute Gasteiger partial charge is 0.497 e. The first kappa shape index (κ1) is 14.3. The van der Waals surface area contributed by atoms with Crippen LogP contribution in [0.15, 0.2) is 24.3 Å². The molecule has 1 heterocycles. The Morgan fingerprint density at radius 3 is 2.53 bits per heavy atom. The average molecular weight is 265 g/mol. The SMILES string of the molecule is COc1ccc(C(C)NCC2(O)CCOCC2)cc1. The van der Waals surface area contributed by atoms with Crippen molar-refractivity contribution in [3.8, 4) is 5.75 Å². The van der Waals surface area contributed by atoms with Gasteiger partial charge in [-0.3, -0.25) is 0 Å². The van der Waals surface area contributed by atoms with E-state index in [1.807, 2.05) is 24.3 Å². The number of aliphatic hydroxyl groups is 1. The highest BCUT2D eigenvalue weighted by atomic mass is 16.5. The summed E-state index contributed by atoms with van der Waals surface area (Å²) >= 11 is 0. The van der Waals surface area contributed by atoms with E-state index in [1.165, 1.54) is 5.56 Å². The maximum absolute atomic E-state index is 10.4. The van der Waals surface area contributed by atoms with Crippen molar-refractivity contribution in [1.82, 2.24) is 5.32 Å². The van der Waals surface area contributed by atoms with Crippen LogP contribution >= 0.6 is 0 Å². The van der Waals surface area contributed by atoms with E-state index in [1.54, 1.807) is 7.11 Å². The first-order valence-electron chi connectivity index (χ1n) is 6.80. The molecule has 0 aromatic heterocycles. The van der Waals surface area contributed by atoms with Crippen molar-refractivity contribution < 1.29 is 14.6 Å². The van der Waals surface area contributed by atoms with Crippen molar-refractivity contribution in [1.29, 1.82) is 0 Å². The van der Waals surface area contributed by atoms with Gasteiger partial charge in [-0.05, 0) is 24.6 Å². The van der Waals surface area contributed by atoms with Crippen LogP contribution in [-0.2, 0) is 4.74 Å². The van der Waals surface area contributed by atoms with Crippen molar-refractivity contribution in [3.63, 3.8) is 0 Å². The minimum Gasteiger partial charge on any atom is -0.497 e. The summed E-state index contributed by atoms with van der Waals surface area (Å²) in [5.41, 5.74) is 0.565. The number of methoxy groups -OCH3 is 1. The first-order valence-corrected chi connectivity index (χ1v) is 6.80. The summed E-state index contributed by atoms with van der Waals surface area (Å²) in [7, 11) is 1.66. The van der Waals surface area contributed by atoms with Crippen molar-refractivity contribution in [2.24, 2.45) is 0 Å². The second-order valence-corrected chi connectivity index (χ2v) is 5.21. The van der Waals surface area contributed by atoms with Crippen LogP contribution in [-0.4, -0.2) is 37.6 Å². The number of nitrogens with one attached hydrogen (secondary N) is 1. The molecule has 19 heavy (non-hydrogen) atoms. The Morgan fingerprint density at radius 1 is 1.32 bits per heavy atom. The van der Waals surface area contributed by atoms with Gasteiger partial charge in [0.15, 0.2) is 0 Å². The lowest BCUT2D eigenvalue weighted by Crippen LogP contribution is -2.45. The van der Waals surface area contributed by atoms with Gasteiger partial charge in [-0.25, -0.2) is 0 Å². The molecule has 0 bridgehead atoms. The summed E-state index contributed by atoms with van der Waals surface area (Å²) in [6.07, 6.45) is 1.41. The Hall–Kier alpha value is -1.10. The lowest BCUT2D eigenvalue weighted by molar-refractivity contribution is -0.0626. The van der Waals surface area contributed by atoms with Crippen LogP contribution in [0, 0.1) is 0 Å². The fourth-order valence-electron chi connectivity index (χ4n) is 2.28. The summed E-state index contributed by atoms with van der Waals surface area (Å²) in [5.74, 6) is 0.860. The zero-order valence-corrected chi connectivity index (χ0v) is 11.7. The van der Waals surface area contributed by atoms with E-state index in [4.69, 9.17) is 9.47 Å². The predicted molar refractivity (Wildman–Crippen MR) is 74.4 cm³/mol. The van der Waals surface area contributed by atoms with E-state index in [0.717, 1.165) is 5.75 Å². The fraction of sp³-hybridized carbons (Fsp3) is 0.600. The van der Waals surface area contributed by atoms with Gasteiger partial charge < -0.3 is 19.9 Å². The molecule has 1 aliphatic rings. The highest BCUT2D eigenvalue weighted by Crippen LogP contribution is 2.22. The Morgan fingerprint density at radius 2 is 1.95 bits per heavy atom. The average Bonchev–Trinajstić information content (AvgIpc) is 2.46. The molecule has 106 valence electrons. The highest BCUT2D eigenvalue weighted by molar-refractivity contribution is 5.28. The molecule has 1 aliphatic heterocycles. The fourth-order valence-corrected chi connectivity index (χ4v) is 2.28. The second-order valence-electron chi connectivity index (χ2n) is 5.21. The van der Waals surface area contributed by atoms with Crippen LogP contribution in [0.2, 0.25) is 0 Å². The molecule has 2 rings (SSSR count). The number of benzene rings is 1. The lowest BCUT2D eigenvalue weighted by atomic mass is 9.94. The van der Waals surface area contributed by atoms with E-state index in [9.17, 15) is 5.11 Å². The smallest absolute Gasteiger partial charge is 0.118 e. The van der Waals surface area contributed by atoms with Gasteiger partial charge in [-0.1, -0.05) is 12.1 Å². The summed E-state index contributed by atoms with van der Waals surface area (Å²) in [4.78, 5) is 0. The van der Waals surface area contributed by atoms with Crippen LogP contribution in [0.3, 0.4) is 0 Å². The number of hydrogen-bond acceptors (Lipinski definition) is 4. The molecule has 0 radical (unpaired) electrons. The van der Waals surface area contributed by atoms with Crippen LogP contribution in [0.4, 0.5) is 0 Å². The molecule has 4 heteroatoms. The van der Waals surface area contributed by atoms with E-state index in [-0.39, 0.29) is 6.04 Å². The quantitative estimate of drug-likeness (QED) is 0.853. The Kier molecular flexibility index (Phi) is 4.80. The number of hydrogen-bond donors (Lipinski definition) is 2. The van der Waals surface area contributed by atoms with E-state index < -0.39 is 5.60 Å². The van der Waals surface area contributed by atoms with Gasteiger partial charge in [0.05, 0.1) is 12.7 Å². The minimum absolute atomic E-state index is 0.206. The zero-order chi connectivity index (χ0) is 13.7. The first-order chi connectivity index (χ1) is 9.13. The third kappa shape index (κ3) is 3.93. The second kappa shape index (κ2) is 6.37. The van der Waals surface area contributed by atoms with Crippen LogP contribution in [0.5, 0.6) is 5.75 Å². The standard InChI is InChI=1S/C15H23NO3/c1-12(13-3-5-14(18-2)6-4-13)16-11-15(17)7-9-19-10-8-15/h3-6,12,16-17H,7-11H2,1-2H3. The molecule has 0 saturated carbocycles. The molecule has 4 nitrogen and oxygen atoms in total. The van der Waals surface area contributed by atoms with Crippen molar-refractivity contribution >= 4 is 0 Å². The van der Waals surface area contributed by atoms with E-state index >= 15 is 0 Å². The Labute approximate surface area is 114 Å². The molecule has 0 aliphatic carbocycles. The normalized spacial score (nSPS) is 19.9. The van der Waals surface area contributed by atoms with Gasteiger partial charge in [0.2, 0.25) is 0 Å². The molecule has 1 saturated heterocycles. The summed E-state index contributed by atoms with van der Waals surface area (Å²) in [6, 6.07) is 8.21. The number of ether oxygens (including phenoxy) is 2. The maximum Gasteiger partial charge on any atom is 0.118 e. The van der Waals surface area contributed by atoms with Gasteiger partial charge in [0, 0.05) is 38.6 Å². The molecule has 1 aromatic carbocycles. The summed E-state index contributed by atoms with van der Waals surface area (Å²) < 4.78 is 10.4. The third-order valence-electron chi connectivity index (χ3n) is 3.78. The molecule has 1 aromatic rings. The lowest BCUT2D eigenvalue weighted by Gasteiger charge is -2.33. The molecular weight excluding hydrogens is 242 g/mol. The predicted octanol–water partition coefficient (Wildman–Crippen LogP) is 1.89. The van der Waals surface area contributed by atoms with Crippen LogP contribution < -0.4 is 10.1 Å². The summed E-state index contributed by atoms with van der Waals surface area (Å²) in [6.45, 7) is 4.00. The van der Waals surface area contributed by atoms with Crippen molar-refractivity contribution in [2.45, 2.75) is 31.4 Å². The maximum atomic E-state index is 10.4. The molecule has 2 N–H and O–H groups in total.